The van der Waals surface area contributed by atoms with Crippen molar-refractivity contribution in [2.75, 3.05) is 6.61 Å². The molecule has 1 amide bonds. The molecule has 1 heterocycles. The number of carbonyl (C=O) groups is 1. The van der Waals surface area contributed by atoms with Crippen LogP contribution in [0.5, 0.6) is 0 Å². The Morgan fingerprint density at radius 1 is 1.39 bits per heavy atom. The van der Waals surface area contributed by atoms with Crippen LogP contribution in [-0.2, 0) is 18.3 Å². The van der Waals surface area contributed by atoms with Crippen LogP contribution in [0.1, 0.15) is 28.8 Å². The van der Waals surface area contributed by atoms with Gasteiger partial charge in [0.2, 0.25) is 5.88 Å². The highest BCUT2D eigenvalue weighted by Crippen LogP contribution is 2.47. The standard InChI is InChI=1S/C20H24ClN5O4S/c1-26-16(17(23)30-11-20(6-7-20)31-25-29)13(9-22)8-15(19(26)28)18(27)24-10-12-2-4-14(21)5-3-12/h2-5,8-9,25,29H,6-7,10-11,22-23H2,1H3,(H,24,27)/b13-9-,17-16-. The van der Waals surface area contributed by atoms with Gasteiger partial charge in [0.25, 0.3) is 11.5 Å². The maximum Gasteiger partial charge on any atom is 0.263 e. The highest BCUT2D eigenvalue weighted by Gasteiger charge is 2.45. The molecule has 3 rings (SSSR count). The number of carbonyl (C=O) groups excluding carboxylic acids is 1. The van der Waals surface area contributed by atoms with Crippen molar-refractivity contribution in [1.82, 2.24) is 14.8 Å². The zero-order chi connectivity index (χ0) is 22.6. The summed E-state index contributed by atoms with van der Waals surface area (Å²) in [5.41, 5.74) is 12.1. The Kier molecular flexibility index (Phi) is 7.16. The van der Waals surface area contributed by atoms with Gasteiger partial charge >= 0.3 is 0 Å². The minimum Gasteiger partial charge on any atom is -0.476 e. The van der Waals surface area contributed by atoms with Gasteiger partial charge in [0, 0.05) is 30.0 Å². The van der Waals surface area contributed by atoms with Crippen molar-refractivity contribution >= 4 is 41.5 Å². The number of amides is 1. The number of aromatic nitrogens is 1. The maximum atomic E-state index is 12.8. The summed E-state index contributed by atoms with van der Waals surface area (Å²) in [4.78, 5) is 27.5. The Labute approximate surface area is 187 Å². The molecule has 9 nitrogen and oxygen atoms in total. The molecule has 1 aromatic heterocycles. The monoisotopic (exact) mass is 465 g/mol. The first-order chi connectivity index (χ1) is 14.8. The summed E-state index contributed by atoms with van der Waals surface area (Å²) in [6.07, 6.45) is 2.98. The fourth-order valence-electron chi connectivity index (χ4n) is 3.03. The van der Waals surface area contributed by atoms with Crippen LogP contribution < -0.4 is 37.8 Å². The van der Waals surface area contributed by atoms with Gasteiger partial charge in [-0.15, -0.1) is 4.89 Å². The number of pyridine rings is 1. The average Bonchev–Trinajstić information content (AvgIpc) is 3.53. The molecule has 7 N–H and O–H groups in total. The second kappa shape index (κ2) is 9.65. The van der Waals surface area contributed by atoms with E-state index in [1.165, 1.54) is 23.9 Å². The lowest BCUT2D eigenvalue weighted by Gasteiger charge is -2.15. The van der Waals surface area contributed by atoms with Crippen LogP contribution in [0.4, 0.5) is 0 Å². The predicted octanol–water partition coefficient (Wildman–Crippen LogP) is -0.134. The average molecular weight is 466 g/mol. The van der Waals surface area contributed by atoms with E-state index in [1.54, 1.807) is 24.3 Å². The Balaban J connectivity index is 1.85. The van der Waals surface area contributed by atoms with Crippen LogP contribution in [0, 0.1) is 0 Å². The molecule has 0 saturated heterocycles. The lowest BCUT2D eigenvalue weighted by Crippen LogP contribution is -2.48. The fourth-order valence-corrected chi connectivity index (χ4v) is 3.77. The van der Waals surface area contributed by atoms with Crippen molar-refractivity contribution in [2.45, 2.75) is 24.1 Å². The minimum atomic E-state index is -0.535. The summed E-state index contributed by atoms with van der Waals surface area (Å²) in [6, 6.07) is 8.40. The van der Waals surface area contributed by atoms with Gasteiger partial charge in [0.15, 0.2) is 0 Å². The SMILES string of the molecule is Cn1c(=O)c(C(=O)NCc2ccc(Cl)cc2)cc(=C/N)/c1=C(\N)OCC1(SNO)CC1. The van der Waals surface area contributed by atoms with Crippen molar-refractivity contribution < 1.29 is 14.7 Å². The van der Waals surface area contributed by atoms with Gasteiger partial charge in [-0.05, 0) is 48.6 Å². The molecule has 1 aliphatic rings. The summed E-state index contributed by atoms with van der Waals surface area (Å²) >= 11 is 7.02. The molecule has 1 aromatic carbocycles. The molecule has 1 fully saturated rings. The first-order valence-corrected chi connectivity index (χ1v) is 10.6. The van der Waals surface area contributed by atoms with Gasteiger partial charge in [-0.3, -0.25) is 9.59 Å². The Morgan fingerprint density at radius 3 is 2.65 bits per heavy atom. The molecule has 0 radical (unpaired) electrons. The van der Waals surface area contributed by atoms with Crippen molar-refractivity contribution in [3.63, 3.8) is 0 Å². The van der Waals surface area contributed by atoms with Crippen LogP contribution in [0.2, 0.25) is 5.02 Å². The Bertz CT molecular complexity index is 1150. The van der Waals surface area contributed by atoms with Gasteiger partial charge in [-0.2, -0.15) is 0 Å². The molecule has 1 saturated carbocycles. The summed E-state index contributed by atoms with van der Waals surface area (Å²) in [7, 11) is 1.49. The van der Waals surface area contributed by atoms with Gasteiger partial charge in [-0.1, -0.05) is 23.7 Å². The summed E-state index contributed by atoms with van der Waals surface area (Å²) in [6.45, 7) is 0.483. The van der Waals surface area contributed by atoms with Crippen molar-refractivity contribution in [3.8, 4) is 0 Å². The lowest BCUT2D eigenvalue weighted by molar-refractivity contribution is 0.0948. The number of halogens is 1. The third-order valence-corrected chi connectivity index (χ3v) is 6.33. The molecule has 0 aliphatic heterocycles. The lowest BCUT2D eigenvalue weighted by atomic mass is 10.2. The van der Waals surface area contributed by atoms with E-state index in [2.05, 4.69) is 10.2 Å². The molecular weight excluding hydrogens is 442 g/mol. The van der Waals surface area contributed by atoms with Crippen LogP contribution in [-0.4, -0.2) is 27.0 Å². The molecule has 0 unspecified atom stereocenters. The van der Waals surface area contributed by atoms with Gasteiger partial charge < -0.3 is 31.3 Å². The second-order valence-electron chi connectivity index (χ2n) is 7.23. The van der Waals surface area contributed by atoms with E-state index in [4.69, 9.17) is 33.0 Å². The molecule has 0 bridgehead atoms. The number of nitrogens with one attached hydrogen (secondary N) is 2. The van der Waals surface area contributed by atoms with E-state index in [0.717, 1.165) is 30.4 Å². The smallest absolute Gasteiger partial charge is 0.263 e. The Morgan fingerprint density at radius 2 is 2.06 bits per heavy atom. The fraction of sp³-hybridized carbons (Fsp3) is 0.300. The summed E-state index contributed by atoms with van der Waals surface area (Å²) in [5.74, 6) is -0.527. The van der Waals surface area contributed by atoms with Crippen molar-refractivity contribution in [3.05, 3.63) is 67.4 Å². The molecule has 31 heavy (non-hydrogen) atoms. The van der Waals surface area contributed by atoms with Gasteiger partial charge in [0.1, 0.15) is 17.5 Å². The third-order valence-electron chi connectivity index (χ3n) is 5.03. The number of nitrogens with two attached hydrogens (primary N) is 2. The first kappa shape index (κ1) is 23.0. The van der Waals surface area contributed by atoms with E-state index in [1.807, 2.05) is 0 Å². The number of rotatable bonds is 8. The highest BCUT2D eigenvalue weighted by atomic mass is 35.5. The number of hydrogen-bond acceptors (Lipinski definition) is 8. The molecular formula is C20H24ClN5O4S. The van der Waals surface area contributed by atoms with Crippen LogP contribution in [0.3, 0.4) is 0 Å². The molecule has 166 valence electrons. The number of ether oxygens (including phenoxy) is 1. The van der Waals surface area contributed by atoms with E-state index >= 15 is 0 Å². The number of hydrogen-bond donors (Lipinski definition) is 5. The first-order valence-electron chi connectivity index (χ1n) is 9.44. The molecule has 0 spiro atoms. The van der Waals surface area contributed by atoms with E-state index in [0.29, 0.717) is 10.2 Å². The largest absolute Gasteiger partial charge is 0.476 e. The highest BCUT2D eigenvalue weighted by molar-refractivity contribution is 7.98. The third kappa shape index (κ3) is 5.34. The molecule has 1 aliphatic carbocycles. The molecule has 2 aromatic rings. The number of nitrogens with zero attached hydrogens (tertiary/aromatic N) is 1. The topological polar surface area (TPSA) is 145 Å². The Hall–Kier alpha value is -2.66. The van der Waals surface area contributed by atoms with Crippen molar-refractivity contribution in [2.24, 2.45) is 18.5 Å². The maximum absolute atomic E-state index is 12.8. The zero-order valence-electron chi connectivity index (χ0n) is 16.9. The summed E-state index contributed by atoms with van der Waals surface area (Å²) < 4.78 is 6.66. The minimum absolute atomic E-state index is 0.00855. The van der Waals surface area contributed by atoms with Crippen molar-refractivity contribution in [1.29, 1.82) is 0 Å². The van der Waals surface area contributed by atoms with E-state index in [9.17, 15) is 9.59 Å². The molecule has 0 atom stereocenters. The van der Waals surface area contributed by atoms with Crippen LogP contribution >= 0.6 is 23.5 Å². The predicted molar refractivity (Wildman–Crippen MR) is 120 cm³/mol. The van der Waals surface area contributed by atoms with E-state index in [-0.39, 0.29) is 34.7 Å². The normalized spacial score (nSPS) is 16.0. The van der Waals surface area contributed by atoms with Crippen LogP contribution in [0.25, 0.3) is 12.1 Å². The second-order valence-corrected chi connectivity index (χ2v) is 8.92. The van der Waals surface area contributed by atoms with Gasteiger partial charge in [-0.25, -0.2) is 0 Å². The van der Waals surface area contributed by atoms with E-state index < -0.39 is 11.5 Å². The zero-order valence-corrected chi connectivity index (χ0v) is 18.4. The quantitative estimate of drug-likeness (QED) is 0.268. The number of benzene rings is 1. The summed E-state index contributed by atoms with van der Waals surface area (Å²) in [5, 5.41) is 12.9. The van der Waals surface area contributed by atoms with Gasteiger partial charge in [0.05, 0.1) is 4.75 Å². The molecule has 11 heteroatoms. The van der Waals surface area contributed by atoms with Crippen LogP contribution in [0.15, 0.2) is 35.1 Å².